The van der Waals surface area contributed by atoms with Crippen molar-refractivity contribution in [3.63, 3.8) is 0 Å². The molecule has 2 rings (SSSR count). The summed E-state index contributed by atoms with van der Waals surface area (Å²) < 4.78 is 0. The Hall–Kier alpha value is -1.59. The van der Waals surface area contributed by atoms with Crippen LogP contribution in [-0.2, 0) is 9.59 Å². The van der Waals surface area contributed by atoms with Crippen LogP contribution in [0.25, 0.3) is 0 Å². The molecule has 0 aromatic heterocycles. The second-order valence-electron chi connectivity index (χ2n) is 5.71. The van der Waals surface area contributed by atoms with E-state index in [2.05, 4.69) is 5.32 Å². The van der Waals surface area contributed by atoms with E-state index in [4.69, 9.17) is 5.73 Å². The van der Waals surface area contributed by atoms with Crippen molar-refractivity contribution in [3.8, 4) is 0 Å². The fraction of sp³-hybridized carbons (Fsp3) is 0.500. The van der Waals surface area contributed by atoms with Crippen LogP contribution in [0.3, 0.4) is 0 Å². The molecule has 0 spiro atoms. The highest BCUT2D eigenvalue weighted by Gasteiger charge is 2.28. The summed E-state index contributed by atoms with van der Waals surface area (Å²) in [5.41, 5.74) is 8.05. The van der Waals surface area contributed by atoms with Crippen LogP contribution in [0, 0.1) is 6.92 Å². The van der Waals surface area contributed by atoms with Crippen molar-refractivity contribution < 1.29 is 9.59 Å². The Morgan fingerprint density at radius 1 is 1.32 bits per heavy atom. The summed E-state index contributed by atoms with van der Waals surface area (Å²) in [6, 6.07) is 7.10. The Bertz CT molecular complexity index is 519. The molecule has 1 saturated heterocycles. The van der Waals surface area contributed by atoms with Gasteiger partial charge in [0.1, 0.15) is 6.04 Å². The van der Waals surface area contributed by atoms with Gasteiger partial charge in [0.2, 0.25) is 11.8 Å². The Morgan fingerprint density at radius 3 is 2.55 bits per heavy atom. The van der Waals surface area contributed by atoms with Gasteiger partial charge in [-0.3, -0.25) is 9.59 Å². The van der Waals surface area contributed by atoms with Gasteiger partial charge in [-0.25, -0.2) is 0 Å². The fourth-order valence-corrected chi connectivity index (χ4v) is 2.70. The van der Waals surface area contributed by atoms with E-state index < -0.39 is 6.04 Å². The molecule has 1 aromatic rings. The van der Waals surface area contributed by atoms with Crippen molar-refractivity contribution in [3.05, 3.63) is 35.4 Å². The lowest BCUT2D eigenvalue weighted by atomic mass is 10.0. The Balaban J connectivity index is 0.00000242. The van der Waals surface area contributed by atoms with E-state index in [1.54, 1.807) is 4.90 Å². The minimum Gasteiger partial charge on any atom is -0.352 e. The third-order valence-electron chi connectivity index (χ3n) is 3.84. The maximum absolute atomic E-state index is 12.5. The lowest BCUT2D eigenvalue weighted by molar-refractivity contribution is -0.134. The molecule has 1 aromatic carbocycles. The summed E-state index contributed by atoms with van der Waals surface area (Å²) in [6.07, 6.45) is 1.79. The normalized spacial score (nSPS) is 19.0. The van der Waals surface area contributed by atoms with Gasteiger partial charge in [-0.15, -0.1) is 12.4 Å². The molecule has 6 heteroatoms. The zero-order valence-electron chi connectivity index (χ0n) is 13.0. The molecule has 0 radical (unpaired) electrons. The van der Waals surface area contributed by atoms with Crippen molar-refractivity contribution in [2.24, 2.45) is 5.73 Å². The number of rotatable bonds is 3. The van der Waals surface area contributed by atoms with Crippen LogP contribution in [0.5, 0.6) is 0 Å². The number of piperidine rings is 1. The predicted molar refractivity (Wildman–Crippen MR) is 88.8 cm³/mol. The van der Waals surface area contributed by atoms with E-state index in [9.17, 15) is 9.59 Å². The van der Waals surface area contributed by atoms with E-state index in [1.165, 1.54) is 6.92 Å². The molecule has 122 valence electrons. The number of hydrogen-bond donors (Lipinski definition) is 2. The first-order chi connectivity index (χ1) is 9.97. The van der Waals surface area contributed by atoms with Gasteiger partial charge in [0, 0.05) is 26.1 Å². The molecular weight excluding hydrogens is 302 g/mol. The lowest BCUT2D eigenvalue weighted by Gasteiger charge is -2.34. The number of amides is 2. The minimum absolute atomic E-state index is 0. The fourth-order valence-electron chi connectivity index (χ4n) is 2.70. The predicted octanol–water partition coefficient (Wildman–Crippen LogP) is 1.54. The average molecular weight is 326 g/mol. The van der Waals surface area contributed by atoms with Crippen molar-refractivity contribution >= 4 is 24.2 Å². The number of benzene rings is 1. The molecule has 5 nitrogen and oxygen atoms in total. The maximum atomic E-state index is 12.5. The number of carbonyl (C=O) groups is 2. The number of nitrogens with one attached hydrogen (secondary N) is 1. The van der Waals surface area contributed by atoms with Gasteiger partial charge in [-0.2, -0.15) is 0 Å². The summed E-state index contributed by atoms with van der Waals surface area (Å²) >= 11 is 0. The molecule has 0 saturated carbocycles. The number of nitrogens with two attached hydrogens (primary N) is 1. The number of hydrogen-bond acceptors (Lipinski definition) is 3. The monoisotopic (exact) mass is 325 g/mol. The van der Waals surface area contributed by atoms with Gasteiger partial charge in [0.05, 0.1) is 0 Å². The van der Waals surface area contributed by atoms with Gasteiger partial charge >= 0.3 is 0 Å². The zero-order chi connectivity index (χ0) is 15.4. The molecule has 2 atom stereocenters. The highest BCUT2D eigenvalue weighted by molar-refractivity contribution is 5.85. The number of halogens is 1. The van der Waals surface area contributed by atoms with E-state index in [-0.39, 0.29) is 30.3 Å². The smallest absolute Gasteiger partial charge is 0.244 e. The van der Waals surface area contributed by atoms with E-state index in [0.29, 0.717) is 13.1 Å². The molecule has 1 aliphatic heterocycles. The Morgan fingerprint density at radius 2 is 1.95 bits per heavy atom. The van der Waals surface area contributed by atoms with Gasteiger partial charge in [0.15, 0.2) is 0 Å². The van der Waals surface area contributed by atoms with Crippen LogP contribution in [0.1, 0.15) is 36.9 Å². The molecule has 22 heavy (non-hydrogen) atoms. The molecule has 1 heterocycles. The Kier molecular flexibility index (Phi) is 6.84. The van der Waals surface area contributed by atoms with Crippen molar-refractivity contribution in [1.29, 1.82) is 0 Å². The SMILES string of the molecule is CC(=O)NC1CCCN(C(=O)C(N)c2ccc(C)cc2)C1.Cl. The first-order valence-corrected chi connectivity index (χ1v) is 7.35. The van der Waals surface area contributed by atoms with E-state index >= 15 is 0 Å². The first kappa shape index (κ1) is 18.5. The summed E-state index contributed by atoms with van der Waals surface area (Å²) in [6.45, 7) is 4.74. The number of likely N-dealkylation sites (tertiary alicyclic amines) is 1. The van der Waals surface area contributed by atoms with Crippen molar-refractivity contribution in [1.82, 2.24) is 10.2 Å². The van der Waals surface area contributed by atoms with Crippen LogP contribution in [-0.4, -0.2) is 35.8 Å². The van der Waals surface area contributed by atoms with Crippen LogP contribution in [0.4, 0.5) is 0 Å². The second-order valence-corrected chi connectivity index (χ2v) is 5.71. The Labute approximate surface area is 137 Å². The molecule has 0 aliphatic carbocycles. The summed E-state index contributed by atoms with van der Waals surface area (Å²) in [7, 11) is 0. The van der Waals surface area contributed by atoms with Crippen LogP contribution in [0.2, 0.25) is 0 Å². The molecule has 2 amide bonds. The lowest BCUT2D eigenvalue weighted by Crippen LogP contribution is -2.51. The third kappa shape index (κ3) is 4.71. The third-order valence-corrected chi connectivity index (χ3v) is 3.84. The van der Waals surface area contributed by atoms with Crippen molar-refractivity contribution in [2.75, 3.05) is 13.1 Å². The van der Waals surface area contributed by atoms with Crippen LogP contribution >= 0.6 is 12.4 Å². The molecule has 3 N–H and O–H groups in total. The van der Waals surface area contributed by atoms with Crippen molar-refractivity contribution in [2.45, 2.75) is 38.8 Å². The summed E-state index contributed by atoms with van der Waals surface area (Å²) in [4.78, 5) is 25.4. The highest BCUT2D eigenvalue weighted by Crippen LogP contribution is 2.18. The average Bonchev–Trinajstić information content (AvgIpc) is 2.46. The minimum atomic E-state index is -0.637. The molecule has 1 fully saturated rings. The number of aryl methyl sites for hydroxylation is 1. The van der Waals surface area contributed by atoms with E-state index in [1.807, 2.05) is 31.2 Å². The second kappa shape index (κ2) is 8.15. The largest absolute Gasteiger partial charge is 0.352 e. The molecular formula is C16H24ClN3O2. The first-order valence-electron chi connectivity index (χ1n) is 7.35. The van der Waals surface area contributed by atoms with E-state index in [0.717, 1.165) is 24.0 Å². The topological polar surface area (TPSA) is 75.4 Å². The number of carbonyl (C=O) groups excluding carboxylic acids is 2. The van der Waals surface area contributed by atoms with Gasteiger partial charge < -0.3 is 16.0 Å². The molecule has 2 unspecified atom stereocenters. The van der Waals surface area contributed by atoms with Gasteiger partial charge in [-0.1, -0.05) is 29.8 Å². The van der Waals surface area contributed by atoms with Crippen LogP contribution < -0.4 is 11.1 Å². The zero-order valence-corrected chi connectivity index (χ0v) is 13.9. The van der Waals surface area contributed by atoms with Gasteiger partial charge in [-0.05, 0) is 25.3 Å². The number of nitrogens with zero attached hydrogens (tertiary/aromatic N) is 1. The van der Waals surface area contributed by atoms with Crippen LogP contribution in [0.15, 0.2) is 24.3 Å². The van der Waals surface area contributed by atoms with Gasteiger partial charge in [0.25, 0.3) is 0 Å². The molecule has 1 aliphatic rings. The maximum Gasteiger partial charge on any atom is 0.244 e. The quantitative estimate of drug-likeness (QED) is 0.885. The standard InChI is InChI=1S/C16H23N3O2.ClH/c1-11-5-7-13(8-6-11)15(17)16(21)19-9-3-4-14(10-19)18-12(2)20;/h5-8,14-15H,3-4,9-10,17H2,1-2H3,(H,18,20);1H. The molecule has 0 bridgehead atoms. The summed E-state index contributed by atoms with van der Waals surface area (Å²) in [5, 5.41) is 2.88. The highest BCUT2D eigenvalue weighted by atomic mass is 35.5. The summed E-state index contributed by atoms with van der Waals surface area (Å²) in [5.74, 6) is -0.133.